The van der Waals surface area contributed by atoms with Crippen molar-refractivity contribution in [2.45, 2.75) is 31.8 Å². The molecule has 0 aliphatic heterocycles. The molecule has 2 fully saturated rings. The Bertz CT molecular complexity index is 1120. The summed E-state index contributed by atoms with van der Waals surface area (Å²) in [4.78, 5) is 25.0. The number of hydrogen-bond acceptors (Lipinski definition) is 5. The average molecular weight is 384 g/mol. The Balaban J connectivity index is 1.40. The lowest BCUT2D eigenvalue weighted by molar-refractivity contribution is 0.445. The van der Waals surface area contributed by atoms with E-state index < -0.39 is 11.1 Å². The molecule has 2 aliphatic rings. The molecule has 2 unspecified atom stereocenters. The van der Waals surface area contributed by atoms with Gasteiger partial charge in [-0.1, -0.05) is 23.5 Å². The van der Waals surface area contributed by atoms with Crippen molar-refractivity contribution >= 4 is 11.3 Å². The van der Waals surface area contributed by atoms with E-state index in [2.05, 4.69) is 10.2 Å². The largest absolute Gasteiger partial charge is 0.316 e. The lowest BCUT2D eigenvalue weighted by Gasteiger charge is -2.15. The maximum Gasteiger partial charge on any atom is 0.316 e. The second kappa shape index (κ2) is 6.23. The smallest absolute Gasteiger partial charge is 0.306 e. The minimum atomic E-state index is -0.555. The maximum atomic E-state index is 13.9. The zero-order valence-corrected chi connectivity index (χ0v) is 15.2. The lowest BCUT2D eigenvalue weighted by Crippen LogP contribution is -2.41. The molecule has 6 nitrogen and oxygen atoms in total. The van der Waals surface area contributed by atoms with Crippen molar-refractivity contribution in [3.8, 4) is 10.6 Å². The molecule has 5 rings (SSSR count). The fraction of sp³-hybridized carbons (Fsp3) is 0.368. The Morgan fingerprint density at radius 3 is 2.59 bits per heavy atom. The Labute approximate surface area is 157 Å². The molecule has 2 aliphatic carbocycles. The Hall–Kier alpha value is -2.61. The summed E-state index contributed by atoms with van der Waals surface area (Å²) in [5.74, 6) is 1.11. The van der Waals surface area contributed by atoms with Crippen LogP contribution in [0.2, 0.25) is 0 Å². The zero-order chi connectivity index (χ0) is 18.5. The summed E-state index contributed by atoms with van der Waals surface area (Å²) in [6, 6.07) is 6.50. The molecule has 2 atom stereocenters. The van der Waals surface area contributed by atoms with Crippen molar-refractivity contribution in [2.75, 3.05) is 0 Å². The highest BCUT2D eigenvalue weighted by molar-refractivity contribution is 7.14. The molecule has 0 radical (unpaired) electrons. The van der Waals surface area contributed by atoms with Crippen LogP contribution in [0.5, 0.6) is 0 Å². The van der Waals surface area contributed by atoms with Gasteiger partial charge in [-0.15, -0.1) is 10.2 Å². The van der Waals surface area contributed by atoms with Crippen molar-refractivity contribution in [1.29, 1.82) is 0 Å². The van der Waals surface area contributed by atoms with E-state index in [1.807, 2.05) is 0 Å². The second-order valence-electron chi connectivity index (χ2n) is 7.31. The monoisotopic (exact) mass is 384 g/mol. The van der Waals surface area contributed by atoms with Crippen molar-refractivity contribution in [2.24, 2.45) is 11.8 Å². The van der Waals surface area contributed by atoms with Gasteiger partial charge in [0, 0.05) is 24.0 Å². The van der Waals surface area contributed by atoms with Gasteiger partial charge in [-0.2, -0.15) is 0 Å². The first-order valence-corrected chi connectivity index (χ1v) is 9.80. The summed E-state index contributed by atoms with van der Waals surface area (Å²) < 4.78 is 16.8. The molecule has 0 bridgehead atoms. The lowest BCUT2D eigenvalue weighted by atomic mass is 10.1. The molecule has 8 heteroatoms. The van der Waals surface area contributed by atoms with Crippen molar-refractivity contribution in [1.82, 2.24) is 19.3 Å². The third kappa shape index (κ3) is 2.93. The Morgan fingerprint density at radius 1 is 1.04 bits per heavy atom. The quantitative estimate of drug-likeness (QED) is 0.649. The van der Waals surface area contributed by atoms with E-state index in [4.69, 9.17) is 0 Å². The highest BCUT2D eigenvalue weighted by Gasteiger charge is 2.46. The van der Waals surface area contributed by atoms with Crippen LogP contribution in [0.4, 0.5) is 4.39 Å². The minimum absolute atomic E-state index is 0.150. The third-order valence-electron chi connectivity index (χ3n) is 5.57. The van der Waals surface area contributed by atoms with Crippen molar-refractivity contribution < 1.29 is 4.39 Å². The number of fused-ring (bicyclic) bond motifs is 1. The van der Waals surface area contributed by atoms with Gasteiger partial charge < -0.3 is 9.13 Å². The molecular formula is C19H17FN4O2S. The van der Waals surface area contributed by atoms with E-state index in [1.54, 1.807) is 35.2 Å². The summed E-state index contributed by atoms with van der Waals surface area (Å²) >= 11 is 1.21. The van der Waals surface area contributed by atoms with Gasteiger partial charge in [0.2, 0.25) is 0 Å². The molecule has 138 valence electrons. The highest BCUT2D eigenvalue weighted by atomic mass is 32.1. The normalized spacial score (nSPS) is 23.4. The predicted molar refractivity (Wildman–Crippen MR) is 99.2 cm³/mol. The number of nitrogens with zero attached hydrogens (tertiary/aromatic N) is 4. The van der Waals surface area contributed by atoms with Gasteiger partial charge >= 0.3 is 11.1 Å². The van der Waals surface area contributed by atoms with Crippen molar-refractivity contribution in [3.63, 3.8) is 0 Å². The van der Waals surface area contributed by atoms with Crippen LogP contribution in [0.1, 0.15) is 30.3 Å². The van der Waals surface area contributed by atoms with E-state index in [1.165, 1.54) is 28.4 Å². The molecule has 0 amide bonds. The Morgan fingerprint density at radius 2 is 1.81 bits per heavy atom. The molecule has 2 saturated carbocycles. The number of rotatable bonds is 4. The van der Waals surface area contributed by atoms with Crippen LogP contribution < -0.4 is 11.1 Å². The van der Waals surface area contributed by atoms with E-state index >= 15 is 0 Å². The van der Waals surface area contributed by atoms with Gasteiger partial charge in [0.25, 0.3) is 0 Å². The van der Waals surface area contributed by atoms with E-state index in [-0.39, 0.29) is 18.4 Å². The first-order chi connectivity index (χ1) is 13.1. The van der Waals surface area contributed by atoms with E-state index in [0.717, 1.165) is 24.7 Å². The fourth-order valence-corrected chi connectivity index (χ4v) is 4.92. The number of halogens is 1. The Kier molecular flexibility index (Phi) is 3.82. The van der Waals surface area contributed by atoms with Gasteiger partial charge in [0.05, 0.1) is 6.54 Å². The molecule has 27 heavy (non-hydrogen) atoms. The van der Waals surface area contributed by atoms with Gasteiger partial charge in [0.1, 0.15) is 10.8 Å². The molecule has 0 saturated heterocycles. The number of aromatic nitrogens is 4. The van der Waals surface area contributed by atoms with E-state index in [9.17, 15) is 14.0 Å². The van der Waals surface area contributed by atoms with Crippen LogP contribution in [0.3, 0.4) is 0 Å². The number of hydrogen-bond donors (Lipinski definition) is 0. The van der Waals surface area contributed by atoms with Crippen LogP contribution >= 0.6 is 11.3 Å². The SMILES string of the molecule is O=c1c(=O)n(C2CC3CC3C2)ccn1Cc1nnc(-c2ccccc2F)s1. The van der Waals surface area contributed by atoms with Crippen molar-refractivity contribution in [3.05, 3.63) is 68.2 Å². The third-order valence-corrected chi connectivity index (χ3v) is 6.52. The molecule has 3 aromatic rings. The highest BCUT2D eigenvalue weighted by Crippen LogP contribution is 2.55. The summed E-state index contributed by atoms with van der Waals surface area (Å²) in [6.45, 7) is 0.150. The van der Waals surface area contributed by atoms with Crippen LogP contribution in [0, 0.1) is 17.7 Å². The van der Waals surface area contributed by atoms with Crippen LogP contribution in [0.15, 0.2) is 46.2 Å². The predicted octanol–water partition coefficient (Wildman–Crippen LogP) is 2.69. The fourth-order valence-electron chi connectivity index (χ4n) is 4.05. The standard InChI is InChI=1S/C19H17FN4O2S/c20-15-4-2-1-3-14(15)17-22-21-16(27-17)10-23-5-6-24(19(26)18(23)25)13-8-11-7-12(11)9-13/h1-6,11-13H,7-10H2. The first-order valence-electron chi connectivity index (χ1n) is 8.99. The topological polar surface area (TPSA) is 69.8 Å². The van der Waals surface area contributed by atoms with Crippen LogP contribution in [-0.2, 0) is 6.54 Å². The van der Waals surface area contributed by atoms with Gasteiger partial charge in [0.15, 0.2) is 5.01 Å². The number of benzene rings is 1. The summed E-state index contributed by atoms with van der Waals surface area (Å²) in [5.41, 5.74) is -0.660. The average Bonchev–Trinajstić information content (AvgIpc) is 3.05. The molecule has 0 N–H and O–H groups in total. The van der Waals surface area contributed by atoms with E-state index in [0.29, 0.717) is 15.6 Å². The molecule has 1 aromatic carbocycles. The molecule has 2 aromatic heterocycles. The summed E-state index contributed by atoms with van der Waals surface area (Å²) in [6.07, 6.45) is 6.60. The summed E-state index contributed by atoms with van der Waals surface area (Å²) in [7, 11) is 0. The molecule has 0 spiro atoms. The molecule has 2 heterocycles. The van der Waals surface area contributed by atoms with Gasteiger partial charge in [-0.05, 0) is 43.2 Å². The summed E-state index contributed by atoms with van der Waals surface area (Å²) in [5, 5.41) is 9.07. The first kappa shape index (κ1) is 16.6. The maximum absolute atomic E-state index is 13.9. The zero-order valence-electron chi connectivity index (χ0n) is 14.4. The van der Waals surface area contributed by atoms with Crippen LogP contribution in [0.25, 0.3) is 10.6 Å². The van der Waals surface area contributed by atoms with Gasteiger partial charge in [-0.25, -0.2) is 4.39 Å². The second-order valence-corrected chi connectivity index (χ2v) is 8.37. The van der Waals surface area contributed by atoms with Gasteiger partial charge in [-0.3, -0.25) is 9.59 Å². The van der Waals surface area contributed by atoms with Crippen LogP contribution in [-0.4, -0.2) is 19.3 Å². The molecular weight excluding hydrogens is 367 g/mol. The minimum Gasteiger partial charge on any atom is -0.306 e.